The highest BCUT2D eigenvalue weighted by molar-refractivity contribution is 5.65. The largest absolute Gasteiger partial charge is 0.379 e. The Balaban J connectivity index is 0.00000259. The number of hydrogen-bond acceptors (Lipinski definition) is 6. The summed E-state index contributed by atoms with van der Waals surface area (Å²) < 4.78 is 33.9. The molecule has 0 unspecified atom stereocenters. The van der Waals surface area contributed by atoms with Gasteiger partial charge in [-0.1, -0.05) is 0 Å². The first kappa shape index (κ1) is 20.8. The molecule has 3 aromatic rings. The molecule has 7 nitrogen and oxygen atoms in total. The van der Waals surface area contributed by atoms with Crippen LogP contribution < -0.4 is 10.2 Å². The zero-order chi connectivity index (χ0) is 22.3. The minimum Gasteiger partial charge on any atom is -0.379 e. The van der Waals surface area contributed by atoms with Crippen molar-refractivity contribution >= 4 is 17.3 Å². The van der Waals surface area contributed by atoms with E-state index in [9.17, 15) is 8.78 Å². The standard InChI is InChI=1S/C23H26F2N6O.H2/c1-16-7-19(27-22-26-15-31(28-22)21-10-17(24)9-18(25)11-21)12-20(8-16)29-13-23(2,14-29)30-3-5-32-6-4-30;/h7-12,15H,3-6,13-14H2,1-2H3,(H,27,28);1H. The molecule has 0 aliphatic carbocycles. The first-order valence-electron chi connectivity index (χ1n) is 10.7. The number of hydrogen-bond donors (Lipinski definition) is 1. The lowest BCUT2D eigenvalue weighted by atomic mass is 9.88. The van der Waals surface area contributed by atoms with Gasteiger partial charge < -0.3 is 15.0 Å². The molecule has 32 heavy (non-hydrogen) atoms. The van der Waals surface area contributed by atoms with Crippen LogP contribution in [0.3, 0.4) is 0 Å². The Hall–Kier alpha value is -3.04. The van der Waals surface area contributed by atoms with Crippen molar-refractivity contribution in [3.05, 3.63) is 59.9 Å². The average molecular weight is 443 g/mol. The number of nitrogens with zero attached hydrogens (tertiary/aromatic N) is 5. The molecule has 170 valence electrons. The highest BCUT2D eigenvalue weighted by Crippen LogP contribution is 2.34. The summed E-state index contributed by atoms with van der Waals surface area (Å²) in [5, 5.41) is 7.52. The molecule has 0 atom stereocenters. The van der Waals surface area contributed by atoms with Gasteiger partial charge >= 0.3 is 0 Å². The van der Waals surface area contributed by atoms with E-state index in [4.69, 9.17) is 4.74 Å². The molecule has 2 fully saturated rings. The maximum Gasteiger partial charge on any atom is 0.246 e. The monoisotopic (exact) mass is 442 g/mol. The lowest BCUT2D eigenvalue weighted by molar-refractivity contribution is -0.0265. The van der Waals surface area contributed by atoms with Crippen molar-refractivity contribution in [2.24, 2.45) is 0 Å². The van der Waals surface area contributed by atoms with Crippen molar-refractivity contribution in [1.82, 2.24) is 19.7 Å². The number of rotatable bonds is 5. The van der Waals surface area contributed by atoms with E-state index in [-0.39, 0.29) is 12.7 Å². The van der Waals surface area contributed by atoms with Gasteiger partial charge in [0, 0.05) is 45.0 Å². The Morgan fingerprint density at radius 2 is 1.72 bits per heavy atom. The molecule has 1 aromatic heterocycles. The Bertz CT molecular complexity index is 1110. The topological polar surface area (TPSA) is 58.5 Å². The first-order valence-corrected chi connectivity index (χ1v) is 10.7. The van der Waals surface area contributed by atoms with Gasteiger partial charge in [-0.25, -0.2) is 13.5 Å². The van der Waals surface area contributed by atoms with Crippen molar-refractivity contribution in [2.75, 3.05) is 49.6 Å². The molecule has 1 N–H and O–H groups in total. The van der Waals surface area contributed by atoms with Gasteiger partial charge in [0.2, 0.25) is 5.95 Å². The molecular weight excluding hydrogens is 414 g/mol. The third-order valence-corrected chi connectivity index (χ3v) is 6.12. The van der Waals surface area contributed by atoms with Crippen LogP contribution in [0.5, 0.6) is 0 Å². The fraction of sp³-hybridized carbons (Fsp3) is 0.391. The van der Waals surface area contributed by atoms with Crippen LogP contribution in [0.2, 0.25) is 0 Å². The summed E-state index contributed by atoms with van der Waals surface area (Å²) in [6.07, 6.45) is 1.43. The molecule has 0 spiro atoms. The quantitative estimate of drug-likeness (QED) is 0.650. The van der Waals surface area contributed by atoms with Crippen molar-refractivity contribution in [3.8, 4) is 5.69 Å². The van der Waals surface area contributed by atoms with Crippen LogP contribution in [0.4, 0.5) is 26.1 Å². The number of morpholine rings is 1. The maximum absolute atomic E-state index is 13.5. The smallest absolute Gasteiger partial charge is 0.246 e. The molecule has 2 aliphatic heterocycles. The Morgan fingerprint density at radius 1 is 1.00 bits per heavy atom. The summed E-state index contributed by atoms with van der Waals surface area (Å²) in [5.74, 6) is -0.966. The molecule has 3 heterocycles. The fourth-order valence-corrected chi connectivity index (χ4v) is 4.52. The molecule has 0 amide bonds. The Labute approximate surface area is 187 Å². The normalized spacial score (nSPS) is 18.4. The predicted molar refractivity (Wildman–Crippen MR) is 121 cm³/mol. The summed E-state index contributed by atoms with van der Waals surface area (Å²) in [7, 11) is 0. The van der Waals surface area contributed by atoms with Gasteiger partial charge in [-0.2, -0.15) is 4.98 Å². The number of nitrogens with one attached hydrogen (secondary N) is 1. The fourth-order valence-electron chi connectivity index (χ4n) is 4.52. The first-order chi connectivity index (χ1) is 15.4. The maximum atomic E-state index is 13.5. The summed E-state index contributed by atoms with van der Waals surface area (Å²) >= 11 is 0. The number of aryl methyl sites for hydroxylation is 1. The zero-order valence-electron chi connectivity index (χ0n) is 18.2. The van der Waals surface area contributed by atoms with E-state index in [2.05, 4.69) is 51.2 Å². The van der Waals surface area contributed by atoms with Gasteiger partial charge in [0.05, 0.1) is 24.4 Å². The molecule has 5 rings (SSSR count). The second kappa shape index (κ2) is 8.14. The molecule has 0 saturated carbocycles. The van der Waals surface area contributed by atoms with Crippen LogP contribution >= 0.6 is 0 Å². The number of aromatic nitrogens is 3. The SMILES string of the molecule is Cc1cc(Nc2ncn(-c3cc(F)cc(F)c3)n2)cc(N2CC(C)(N3CCOCC3)C2)c1.[HH]. The minimum absolute atomic E-state index is 0. The van der Waals surface area contributed by atoms with Crippen LogP contribution in [-0.2, 0) is 4.74 Å². The van der Waals surface area contributed by atoms with Gasteiger partial charge in [0.1, 0.15) is 18.0 Å². The second-order valence-electron chi connectivity index (χ2n) is 8.78. The molecule has 0 bridgehead atoms. The number of ether oxygens (including phenoxy) is 1. The van der Waals surface area contributed by atoms with Crippen LogP contribution in [-0.4, -0.2) is 64.6 Å². The van der Waals surface area contributed by atoms with E-state index < -0.39 is 11.6 Å². The van der Waals surface area contributed by atoms with Crippen LogP contribution in [0.25, 0.3) is 5.69 Å². The van der Waals surface area contributed by atoms with Crippen LogP contribution in [0.15, 0.2) is 42.7 Å². The van der Waals surface area contributed by atoms with Gasteiger partial charge in [0.25, 0.3) is 0 Å². The predicted octanol–water partition coefficient (Wildman–Crippen LogP) is 3.75. The average Bonchev–Trinajstić information content (AvgIpc) is 3.19. The van der Waals surface area contributed by atoms with E-state index in [1.165, 1.54) is 23.1 Å². The highest BCUT2D eigenvalue weighted by Gasteiger charge is 2.44. The number of halogens is 2. The summed E-state index contributed by atoms with van der Waals surface area (Å²) in [6.45, 7) is 9.86. The van der Waals surface area contributed by atoms with Gasteiger partial charge in [-0.05, 0) is 49.7 Å². The summed E-state index contributed by atoms with van der Waals surface area (Å²) in [6, 6.07) is 9.52. The van der Waals surface area contributed by atoms with E-state index >= 15 is 0 Å². The van der Waals surface area contributed by atoms with Gasteiger partial charge in [0.15, 0.2) is 0 Å². The third-order valence-electron chi connectivity index (χ3n) is 6.12. The minimum atomic E-state index is -0.660. The van der Waals surface area contributed by atoms with Crippen molar-refractivity contribution in [2.45, 2.75) is 19.4 Å². The zero-order valence-corrected chi connectivity index (χ0v) is 18.2. The lowest BCUT2D eigenvalue weighted by Gasteiger charge is -2.56. The van der Waals surface area contributed by atoms with Gasteiger partial charge in [-0.3, -0.25) is 4.90 Å². The van der Waals surface area contributed by atoms with E-state index in [0.29, 0.717) is 5.95 Å². The van der Waals surface area contributed by atoms with Crippen molar-refractivity contribution < 1.29 is 14.9 Å². The number of anilines is 3. The number of benzene rings is 2. The van der Waals surface area contributed by atoms with Crippen LogP contribution in [0.1, 0.15) is 13.9 Å². The second-order valence-corrected chi connectivity index (χ2v) is 8.78. The molecule has 9 heteroatoms. The van der Waals surface area contributed by atoms with Crippen molar-refractivity contribution in [3.63, 3.8) is 0 Å². The highest BCUT2D eigenvalue weighted by atomic mass is 19.1. The lowest BCUT2D eigenvalue weighted by Crippen LogP contribution is -2.70. The molecule has 0 radical (unpaired) electrons. The van der Waals surface area contributed by atoms with E-state index in [1.807, 2.05) is 6.07 Å². The van der Waals surface area contributed by atoms with E-state index in [0.717, 1.165) is 62.4 Å². The Kier molecular flexibility index (Phi) is 5.30. The molecule has 2 aromatic carbocycles. The molecule has 2 saturated heterocycles. The molecule has 2 aliphatic rings. The third kappa shape index (κ3) is 4.18. The molecular formula is C23H28F2N6O. The van der Waals surface area contributed by atoms with Crippen LogP contribution in [0, 0.1) is 18.6 Å². The Morgan fingerprint density at radius 3 is 2.44 bits per heavy atom. The van der Waals surface area contributed by atoms with E-state index in [1.54, 1.807) is 0 Å². The van der Waals surface area contributed by atoms with Gasteiger partial charge in [-0.15, -0.1) is 5.10 Å². The van der Waals surface area contributed by atoms with Crippen molar-refractivity contribution in [1.29, 1.82) is 0 Å². The summed E-state index contributed by atoms with van der Waals surface area (Å²) in [4.78, 5) is 9.13. The summed E-state index contributed by atoms with van der Waals surface area (Å²) in [5.41, 5.74) is 3.57.